The zero-order chi connectivity index (χ0) is 29.6. The van der Waals surface area contributed by atoms with Crippen molar-refractivity contribution in [3.8, 4) is 23.8 Å². The minimum atomic E-state index is -0.411. The highest BCUT2D eigenvalue weighted by atomic mass is 35.5. The maximum Gasteiger partial charge on any atom is 0.311 e. The lowest BCUT2D eigenvalue weighted by molar-refractivity contribution is -0.134. The monoisotopic (exact) mass is 598 g/mol. The number of ether oxygens (including phenoxy) is 2. The van der Waals surface area contributed by atoms with E-state index < -0.39 is 5.60 Å². The number of likely N-dealkylation sites (tertiary alicyclic amines) is 1. The van der Waals surface area contributed by atoms with Crippen molar-refractivity contribution in [2.75, 3.05) is 32.7 Å². The molecule has 3 aliphatic rings. The molecule has 3 aliphatic heterocycles. The topological polar surface area (TPSA) is 42.0 Å². The van der Waals surface area contributed by atoms with Gasteiger partial charge in [-0.25, -0.2) is 0 Å². The van der Waals surface area contributed by atoms with Crippen LogP contribution in [0.3, 0.4) is 0 Å². The number of unbranched alkanes of at least 4 members (excludes halogenated alkanes) is 2. The lowest BCUT2D eigenvalue weighted by atomic mass is 9.79. The van der Waals surface area contributed by atoms with Gasteiger partial charge in [0.2, 0.25) is 0 Å². The minimum Gasteiger partial charge on any atom is -0.483 e. The van der Waals surface area contributed by atoms with Crippen molar-refractivity contribution in [3.05, 3.63) is 28.8 Å². The maximum absolute atomic E-state index is 13.3. The molecule has 3 unspecified atom stereocenters. The zero-order valence-corrected chi connectivity index (χ0v) is 27.9. The molecule has 1 aromatic rings. The average Bonchev–Trinajstić information content (AvgIpc) is 2.93. The molecule has 0 radical (unpaired) electrons. The fraction of sp³-hybridized carbons (Fsp3) is 0.694. The lowest BCUT2D eigenvalue weighted by Gasteiger charge is -2.42. The quantitative estimate of drug-likeness (QED) is 0.105. The molecule has 3 atom stereocenters. The van der Waals surface area contributed by atoms with Crippen molar-refractivity contribution < 1.29 is 14.3 Å². The number of halogens is 1. The number of esters is 1. The first-order valence-corrected chi connectivity index (χ1v) is 16.3. The largest absolute Gasteiger partial charge is 0.483 e. The van der Waals surface area contributed by atoms with Gasteiger partial charge in [-0.05, 0) is 100 Å². The van der Waals surface area contributed by atoms with E-state index in [9.17, 15) is 4.79 Å². The summed E-state index contributed by atoms with van der Waals surface area (Å²) in [5.41, 5.74) is 4.25. The van der Waals surface area contributed by atoms with Gasteiger partial charge in [-0.1, -0.05) is 58.8 Å². The number of carbonyl (C=O) groups excluding carboxylic acids is 1. The summed E-state index contributed by atoms with van der Waals surface area (Å²) in [5, 5.41) is 0. The molecule has 0 N–H and O–H groups in total. The Morgan fingerprint density at radius 1 is 1.19 bits per heavy atom. The molecule has 0 spiro atoms. The second-order valence-corrected chi connectivity index (χ2v) is 13.3. The van der Waals surface area contributed by atoms with E-state index in [1.807, 2.05) is 0 Å². The number of terminal acetylenes is 1. The number of rotatable bonds is 12. The molecular weight excluding hydrogens is 544 g/mol. The first-order valence-electron chi connectivity index (χ1n) is 16.3. The van der Waals surface area contributed by atoms with Crippen molar-refractivity contribution in [1.82, 2.24) is 9.80 Å². The predicted octanol–water partition coefficient (Wildman–Crippen LogP) is 8.25. The van der Waals surface area contributed by atoms with Gasteiger partial charge >= 0.3 is 5.97 Å². The van der Waals surface area contributed by atoms with E-state index in [2.05, 4.69) is 69.4 Å². The van der Waals surface area contributed by atoms with E-state index >= 15 is 0 Å². The minimum absolute atomic E-state index is 0. The summed E-state index contributed by atoms with van der Waals surface area (Å²) in [6, 6.07) is 4.96. The van der Waals surface area contributed by atoms with Crippen molar-refractivity contribution in [1.29, 1.82) is 0 Å². The average molecular weight is 599 g/mol. The highest BCUT2D eigenvalue weighted by Gasteiger charge is 2.40. The van der Waals surface area contributed by atoms with E-state index in [4.69, 9.17) is 15.9 Å². The van der Waals surface area contributed by atoms with E-state index in [0.717, 1.165) is 50.3 Å². The van der Waals surface area contributed by atoms with Crippen molar-refractivity contribution in [3.63, 3.8) is 0 Å². The van der Waals surface area contributed by atoms with Crippen LogP contribution in [-0.2, 0) is 4.79 Å². The highest BCUT2D eigenvalue weighted by Crippen LogP contribution is 2.49. The summed E-state index contributed by atoms with van der Waals surface area (Å²) >= 11 is 0. The molecule has 0 aliphatic carbocycles. The molecule has 6 heteroatoms. The highest BCUT2D eigenvalue weighted by molar-refractivity contribution is 5.85. The summed E-state index contributed by atoms with van der Waals surface area (Å²) < 4.78 is 13.0. The molecule has 1 saturated heterocycles. The number of nitrogens with zero attached hydrogens (tertiary/aromatic N) is 2. The van der Waals surface area contributed by atoms with Crippen LogP contribution < -0.4 is 9.47 Å². The van der Waals surface area contributed by atoms with Crippen molar-refractivity contribution >= 4 is 23.9 Å². The number of carbonyl (C=O) groups is 1. The van der Waals surface area contributed by atoms with Gasteiger partial charge in [-0.2, -0.15) is 0 Å². The maximum atomic E-state index is 13.3. The Labute approximate surface area is 262 Å². The van der Waals surface area contributed by atoms with E-state index in [-0.39, 0.29) is 18.4 Å². The van der Waals surface area contributed by atoms with E-state index in [0.29, 0.717) is 36.6 Å². The molecule has 1 aromatic carbocycles. The molecule has 4 rings (SSSR count). The summed E-state index contributed by atoms with van der Waals surface area (Å²) in [4.78, 5) is 18.2. The van der Waals surface area contributed by atoms with Gasteiger partial charge in [-0.3, -0.25) is 9.69 Å². The molecule has 1 fully saturated rings. The number of hydrogen-bond acceptors (Lipinski definition) is 5. The van der Waals surface area contributed by atoms with Crippen LogP contribution in [0.5, 0.6) is 11.5 Å². The second kappa shape index (κ2) is 15.6. The molecule has 3 heterocycles. The van der Waals surface area contributed by atoms with Crippen LogP contribution in [0, 0.1) is 18.3 Å². The van der Waals surface area contributed by atoms with Crippen LogP contribution in [0.15, 0.2) is 17.7 Å². The van der Waals surface area contributed by atoms with Crippen LogP contribution in [0.4, 0.5) is 0 Å². The Morgan fingerprint density at radius 2 is 1.98 bits per heavy atom. The van der Waals surface area contributed by atoms with Gasteiger partial charge in [0.05, 0.1) is 12.1 Å². The molecule has 0 amide bonds. The molecular formula is C36H55ClN2O3. The fourth-order valence-electron chi connectivity index (χ4n) is 7.03. The van der Waals surface area contributed by atoms with Gasteiger partial charge in [0.25, 0.3) is 0 Å². The van der Waals surface area contributed by atoms with Gasteiger partial charge in [0.1, 0.15) is 17.1 Å². The third-order valence-corrected chi connectivity index (χ3v) is 9.85. The van der Waals surface area contributed by atoms with E-state index in [1.165, 1.54) is 61.7 Å². The number of piperidine rings is 1. The normalized spacial score (nSPS) is 21.7. The molecule has 0 saturated carbocycles. The van der Waals surface area contributed by atoms with Gasteiger partial charge < -0.3 is 14.4 Å². The Morgan fingerprint density at radius 3 is 2.69 bits per heavy atom. The molecule has 5 nitrogen and oxygen atoms in total. The van der Waals surface area contributed by atoms with Crippen LogP contribution in [0.1, 0.15) is 123 Å². The number of hydrogen-bond donors (Lipinski definition) is 0. The first kappa shape index (κ1) is 34.5. The second-order valence-electron chi connectivity index (χ2n) is 13.3. The molecule has 0 bridgehead atoms. The van der Waals surface area contributed by atoms with Crippen LogP contribution >= 0.6 is 12.4 Å². The van der Waals surface area contributed by atoms with Crippen molar-refractivity contribution in [2.45, 2.75) is 123 Å². The Hall–Kier alpha value is -2.00. The standard InChI is InChI=1S/C36H54N2O3.ClH/c1-8-10-11-15-26(3)28(5)29-23-32(40-34(39)17-14-21-38-20-13-12-16-27(38)4)35-30-25-37(19-9-2)22-18-31(30)36(6,7)41-33(35)24-29;/h2,23-24,26-28H,8,10-22,25H2,1,3-7H3;1H. The van der Waals surface area contributed by atoms with E-state index in [1.54, 1.807) is 0 Å². The van der Waals surface area contributed by atoms with Crippen LogP contribution in [0.2, 0.25) is 0 Å². The SMILES string of the molecule is C#CCN1CCC2=C(C1)c1c(OC(=O)CCCN3CCCCC3C)cc(C(C)C(C)CCCCC)cc1OC2(C)C.Cl. The van der Waals surface area contributed by atoms with Crippen LogP contribution in [0.25, 0.3) is 5.57 Å². The van der Waals surface area contributed by atoms with Crippen molar-refractivity contribution in [2.24, 2.45) is 5.92 Å². The first-order chi connectivity index (χ1) is 19.6. The Bertz CT molecular complexity index is 1140. The number of benzene rings is 1. The summed E-state index contributed by atoms with van der Waals surface area (Å²) in [6.45, 7) is 17.9. The smallest absolute Gasteiger partial charge is 0.311 e. The third kappa shape index (κ3) is 8.34. The summed E-state index contributed by atoms with van der Waals surface area (Å²) in [7, 11) is 0. The Balaban J connectivity index is 0.00000484. The molecule has 42 heavy (non-hydrogen) atoms. The van der Waals surface area contributed by atoms with Gasteiger partial charge in [0, 0.05) is 25.6 Å². The molecule has 234 valence electrons. The Kier molecular flexibility index (Phi) is 12.8. The summed E-state index contributed by atoms with van der Waals surface area (Å²) in [5.74, 6) is 5.03. The van der Waals surface area contributed by atoms with Crippen LogP contribution in [-0.4, -0.2) is 60.1 Å². The zero-order valence-electron chi connectivity index (χ0n) is 27.1. The predicted molar refractivity (Wildman–Crippen MR) is 177 cm³/mol. The number of fused-ring (bicyclic) bond motifs is 2. The van der Waals surface area contributed by atoms with Gasteiger partial charge in [0.15, 0.2) is 0 Å². The third-order valence-electron chi connectivity index (χ3n) is 9.85. The fourth-order valence-corrected chi connectivity index (χ4v) is 7.03. The van der Waals surface area contributed by atoms with Gasteiger partial charge in [-0.15, -0.1) is 18.8 Å². The molecule has 0 aromatic heterocycles. The lowest BCUT2D eigenvalue weighted by Crippen LogP contribution is -2.42. The summed E-state index contributed by atoms with van der Waals surface area (Å²) in [6.07, 6.45) is 16.6.